The van der Waals surface area contributed by atoms with Gasteiger partial charge in [0.1, 0.15) is 5.54 Å². The van der Waals surface area contributed by atoms with E-state index in [0.717, 1.165) is 12.1 Å². The minimum absolute atomic E-state index is 0.272. The number of carbonyl (C=O) groups is 1. The average molecular weight is 257 g/mol. The topological polar surface area (TPSA) is 29.5 Å². The summed E-state index contributed by atoms with van der Waals surface area (Å²) in [5.41, 5.74) is -0.549. The van der Waals surface area contributed by atoms with Crippen LogP contribution in [0.5, 0.6) is 0 Å². The summed E-state index contributed by atoms with van der Waals surface area (Å²) in [6.45, 7) is 5.30. The predicted molar refractivity (Wildman–Crippen MR) is 65.5 cm³/mol. The van der Waals surface area contributed by atoms with E-state index in [0.29, 0.717) is 5.69 Å². The minimum atomic E-state index is -0.958. The van der Waals surface area contributed by atoms with E-state index in [1.165, 1.54) is 6.07 Å². The number of hydrogen-bond donors (Lipinski definition) is 0. The van der Waals surface area contributed by atoms with Gasteiger partial charge in [0.2, 0.25) is 0 Å². The number of anilines is 1. The van der Waals surface area contributed by atoms with Crippen molar-refractivity contribution in [3.8, 4) is 0 Å². The summed E-state index contributed by atoms with van der Waals surface area (Å²) >= 11 is 0. The van der Waals surface area contributed by atoms with Crippen LogP contribution in [0.25, 0.3) is 0 Å². The second kappa shape index (κ2) is 5.33. The molecule has 0 unspecified atom stereocenters. The number of esters is 1. The molecule has 0 bridgehead atoms. The Morgan fingerprint density at radius 3 is 2.44 bits per heavy atom. The zero-order valence-corrected chi connectivity index (χ0v) is 11.0. The van der Waals surface area contributed by atoms with E-state index in [4.69, 9.17) is 4.74 Å². The first kappa shape index (κ1) is 14.4. The average Bonchev–Trinajstić information content (AvgIpc) is 2.32. The first-order chi connectivity index (χ1) is 8.30. The first-order valence-corrected chi connectivity index (χ1v) is 5.66. The van der Waals surface area contributed by atoms with Gasteiger partial charge in [-0.05, 0) is 32.9 Å². The Labute approximate surface area is 105 Å². The third-order valence-electron chi connectivity index (χ3n) is 2.90. The number of nitrogens with zero attached hydrogens (tertiary/aromatic N) is 1. The highest BCUT2D eigenvalue weighted by molar-refractivity contribution is 5.84. The highest BCUT2D eigenvalue weighted by Crippen LogP contribution is 2.25. The molecule has 5 heteroatoms. The molecular formula is C13H17F2NO2. The summed E-state index contributed by atoms with van der Waals surface area (Å²) in [6, 6.07) is 3.50. The molecule has 0 spiro atoms. The zero-order chi connectivity index (χ0) is 13.9. The SMILES string of the molecule is CCOC(=O)C(C)(C)N(C)c1ccc(F)c(F)c1. The lowest BCUT2D eigenvalue weighted by Gasteiger charge is -2.35. The molecule has 0 aromatic heterocycles. The van der Waals surface area contributed by atoms with Crippen LogP contribution in [0.3, 0.4) is 0 Å². The van der Waals surface area contributed by atoms with Gasteiger partial charge in [0.25, 0.3) is 0 Å². The normalized spacial score (nSPS) is 11.2. The van der Waals surface area contributed by atoms with Crippen LogP contribution >= 0.6 is 0 Å². The van der Waals surface area contributed by atoms with E-state index in [1.54, 1.807) is 32.7 Å². The summed E-state index contributed by atoms with van der Waals surface area (Å²) in [5.74, 6) is -2.28. The molecule has 0 aliphatic heterocycles. The summed E-state index contributed by atoms with van der Waals surface area (Å²) < 4.78 is 31.0. The number of benzene rings is 1. The molecule has 1 aromatic rings. The van der Waals surface area contributed by atoms with Gasteiger partial charge in [-0.3, -0.25) is 0 Å². The molecule has 1 aromatic carbocycles. The molecule has 100 valence electrons. The Balaban J connectivity index is 3.01. The van der Waals surface area contributed by atoms with Crippen molar-refractivity contribution in [2.24, 2.45) is 0 Å². The van der Waals surface area contributed by atoms with E-state index in [9.17, 15) is 13.6 Å². The van der Waals surface area contributed by atoms with Crippen molar-refractivity contribution in [1.82, 2.24) is 0 Å². The molecule has 0 radical (unpaired) electrons. The lowest BCUT2D eigenvalue weighted by Crippen LogP contribution is -2.49. The molecule has 0 atom stereocenters. The van der Waals surface area contributed by atoms with Gasteiger partial charge in [0, 0.05) is 18.8 Å². The van der Waals surface area contributed by atoms with Gasteiger partial charge < -0.3 is 9.64 Å². The van der Waals surface area contributed by atoms with Gasteiger partial charge in [0.05, 0.1) is 6.61 Å². The molecule has 1 rings (SSSR count). The summed E-state index contributed by atoms with van der Waals surface area (Å²) in [7, 11) is 1.63. The predicted octanol–water partition coefficient (Wildman–Crippen LogP) is 2.74. The number of rotatable bonds is 4. The highest BCUT2D eigenvalue weighted by Gasteiger charge is 2.34. The van der Waals surface area contributed by atoms with Crippen LogP contribution in [-0.2, 0) is 9.53 Å². The van der Waals surface area contributed by atoms with Crippen molar-refractivity contribution in [3.05, 3.63) is 29.8 Å². The zero-order valence-electron chi connectivity index (χ0n) is 11.0. The Bertz CT molecular complexity index is 447. The quantitative estimate of drug-likeness (QED) is 0.777. The van der Waals surface area contributed by atoms with E-state index in [2.05, 4.69) is 0 Å². The van der Waals surface area contributed by atoms with Crippen LogP contribution < -0.4 is 4.90 Å². The third-order valence-corrected chi connectivity index (χ3v) is 2.90. The van der Waals surface area contributed by atoms with Crippen molar-refractivity contribution >= 4 is 11.7 Å². The van der Waals surface area contributed by atoms with Gasteiger partial charge in [0.15, 0.2) is 11.6 Å². The van der Waals surface area contributed by atoms with Gasteiger partial charge in [-0.2, -0.15) is 0 Å². The van der Waals surface area contributed by atoms with Crippen LogP contribution in [0.15, 0.2) is 18.2 Å². The Morgan fingerprint density at radius 2 is 1.94 bits per heavy atom. The number of hydrogen-bond acceptors (Lipinski definition) is 3. The Morgan fingerprint density at radius 1 is 1.33 bits per heavy atom. The number of likely N-dealkylation sites (N-methyl/N-ethyl adjacent to an activating group) is 1. The maximum Gasteiger partial charge on any atom is 0.331 e. The monoisotopic (exact) mass is 257 g/mol. The highest BCUT2D eigenvalue weighted by atomic mass is 19.2. The standard InChI is InChI=1S/C13H17F2NO2/c1-5-18-12(17)13(2,3)16(4)9-6-7-10(14)11(15)8-9/h6-8H,5H2,1-4H3. The first-order valence-electron chi connectivity index (χ1n) is 5.66. The minimum Gasteiger partial charge on any atom is -0.464 e. The fraction of sp³-hybridized carbons (Fsp3) is 0.462. The summed E-state index contributed by atoms with van der Waals surface area (Å²) in [4.78, 5) is 13.3. The van der Waals surface area contributed by atoms with Crippen LogP contribution in [0, 0.1) is 11.6 Å². The fourth-order valence-corrected chi connectivity index (χ4v) is 1.46. The Kier molecular flexibility index (Phi) is 4.27. The van der Waals surface area contributed by atoms with Gasteiger partial charge >= 0.3 is 5.97 Å². The molecule has 0 N–H and O–H groups in total. The summed E-state index contributed by atoms with van der Waals surface area (Å²) in [5, 5.41) is 0. The Hall–Kier alpha value is -1.65. The fourth-order valence-electron chi connectivity index (χ4n) is 1.46. The number of halogens is 2. The van der Waals surface area contributed by atoms with Crippen LogP contribution in [0.1, 0.15) is 20.8 Å². The second-order valence-corrected chi connectivity index (χ2v) is 4.44. The molecule has 0 amide bonds. The van der Waals surface area contributed by atoms with E-state index in [1.807, 2.05) is 0 Å². The summed E-state index contributed by atoms with van der Waals surface area (Å²) in [6.07, 6.45) is 0. The van der Waals surface area contributed by atoms with Crippen molar-refractivity contribution in [1.29, 1.82) is 0 Å². The third kappa shape index (κ3) is 2.78. The largest absolute Gasteiger partial charge is 0.464 e. The molecule has 0 aliphatic carbocycles. The van der Waals surface area contributed by atoms with E-state index in [-0.39, 0.29) is 6.61 Å². The van der Waals surface area contributed by atoms with Crippen molar-refractivity contribution in [3.63, 3.8) is 0 Å². The van der Waals surface area contributed by atoms with E-state index >= 15 is 0 Å². The lowest BCUT2D eigenvalue weighted by atomic mass is 10.0. The molecule has 0 fully saturated rings. The molecule has 18 heavy (non-hydrogen) atoms. The number of ether oxygens (including phenoxy) is 1. The second-order valence-electron chi connectivity index (χ2n) is 4.44. The maximum absolute atomic E-state index is 13.2. The van der Waals surface area contributed by atoms with Crippen molar-refractivity contribution in [2.75, 3.05) is 18.6 Å². The molecule has 0 saturated carbocycles. The number of carbonyl (C=O) groups excluding carboxylic acids is 1. The van der Waals surface area contributed by atoms with Gasteiger partial charge in [-0.25, -0.2) is 13.6 Å². The van der Waals surface area contributed by atoms with Crippen molar-refractivity contribution in [2.45, 2.75) is 26.3 Å². The molecular weight excluding hydrogens is 240 g/mol. The smallest absolute Gasteiger partial charge is 0.331 e. The van der Waals surface area contributed by atoms with Crippen LogP contribution in [0.4, 0.5) is 14.5 Å². The van der Waals surface area contributed by atoms with Gasteiger partial charge in [-0.1, -0.05) is 0 Å². The van der Waals surface area contributed by atoms with Crippen molar-refractivity contribution < 1.29 is 18.3 Å². The molecule has 3 nitrogen and oxygen atoms in total. The maximum atomic E-state index is 13.2. The van der Waals surface area contributed by atoms with E-state index < -0.39 is 23.1 Å². The van der Waals surface area contributed by atoms with Crippen LogP contribution in [-0.4, -0.2) is 25.2 Å². The molecule has 0 heterocycles. The van der Waals surface area contributed by atoms with Crippen LogP contribution in [0.2, 0.25) is 0 Å². The molecule has 0 aliphatic rings. The van der Waals surface area contributed by atoms with Gasteiger partial charge in [-0.15, -0.1) is 0 Å². The lowest BCUT2D eigenvalue weighted by molar-refractivity contribution is -0.148. The molecule has 0 saturated heterocycles.